The van der Waals surface area contributed by atoms with Gasteiger partial charge < -0.3 is 9.52 Å². The summed E-state index contributed by atoms with van der Waals surface area (Å²) in [4.78, 5) is 19.6. The van der Waals surface area contributed by atoms with E-state index in [2.05, 4.69) is 9.97 Å². The third kappa shape index (κ3) is 2.25. The van der Waals surface area contributed by atoms with Gasteiger partial charge in [0.05, 0.1) is 11.3 Å². The van der Waals surface area contributed by atoms with Crippen LogP contribution < -0.4 is 0 Å². The first-order valence-corrected chi connectivity index (χ1v) is 6.68. The van der Waals surface area contributed by atoms with Crippen molar-refractivity contribution in [2.75, 3.05) is 0 Å². The molecule has 20 heavy (non-hydrogen) atoms. The highest BCUT2D eigenvalue weighted by Crippen LogP contribution is 2.32. The fourth-order valence-corrected chi connectivity index (χ4v) is 2.73. The molecule has 0 spiro atoms. The Morgan fingerprint density at radius 3 is 2.70 bits per heavy atom. The summed E-state index contributed by atoms with van der Waals surface area (Å²) in [6, 6.07) is 7.26. The molecule has 3 aromatic rings. The predicted octanol–water partition coefficient (Wildman–Crippen LogP) is 3.38. The summed E-state index contributed by atoms with van der Waals surface area (Å²) < 4.78 is 5.29. The first-order valence-electron chi connectivity index (χ1n) is 5.86. The monoisotopic (exact) mass is 286 g/mol. The smallest absolute Gasteiger partial charge is 0.337 e. The topological polar surface area (TPSA) is 76.2 Å². The molecule has 5 nitrogen and oxygen atoms in total. The molecule has 0 unspecified atom stereocenters. The van der Waals surface area contributed by atoms with Gasteiger partial charge in [0.1, 0.15) is 11.3 Å². The molecule has 0 amide bonds. The molecule has 2 aromatic heterocycles. The lowest BCUT2D eigenvalue weighted by molar-refractivity contribution is 0.0698. The number of fused-ring (bicyclic) bond motifs is 1. The molecule has 0 aliphatic carbocycles. The lowest BCUT2D eigenvalue weighted by Crippen LogP contribution is -1.99. The van der Waals surface area contributed by atoms with Crippen LogP contribution in [0.4, 0.5) is 0 Å². The van der Waals surface area contributed by atoms with Gasteiger partial charge >= 0.3 is 5.97 Å². The maximum atomic E-state index is 11.2. The molecule has 0 saturated carbocycles. The zero-order valence-electron chi connectivity index (χ0n) is 10.5. The summed E-state index contributed by atoms with van der Waals surface area (Å²) in [5.74, 6) is -0.989. The zero-order chi connectivity index (χ0) is 14.1. The van der Waals surface area contributed by atoms with Crippen LogP contribution in [0.1, 0.15) is 16.1 Å². The molecule has 0 atom stereocenters. The largest absolute Gasteiger partial charge is 0.478 e. The van der Waals surface area contributed by atoms with Crippen LogP contribution in [0.15, 0.2) is 51.4 Å². The summed E-state index contributed by atoms with van der Waals surface area (Å²) in [6.07, 6.45) is 2.93. The first-order chi connectivity index (χ1) is 9.65. The standard InChI is InChI=1S/C14H10N2O3S/c1-8-7-19-14(16-8)20-12-10-5-3-2-4-9(10)11(6-15-12)13(17)18/h2-7H,1H3,(H,17,18). The fourth-order valence-electron chi connectivity index (χ4n) is 1.88. The highest BCUT2D eigenvalue weighted by atomic mass is 32.2. The lowest BCUT2D eigenvalue weighted by atomic mass is 10.1. The van der Waals surface area contributed by atoms with Gasteiger partial charge in [-0.05, 0) is 18.7 Å². The van der Waals surface area contributed by atoms with Crippen LogP contribution in [-0.2, 0) is 0 Å². The third-order valence-electron chi connectivity index (χ3n) is 2.77. The minimum atomic E-state index is -0.989. The van der Waals surface area contributed by atoms with Gasteiger partial charge in [-0.25, -0.2) is 14.8 Å². The molecule has 3 rings (SSSR count). The second-order valence-electron chi connectivity index (χ2n) is 4.18. The van der Waals surface area contributed by atoms with Crippen molar-refractivity contribution >= 4 is 28.5 Å². The molecular weight excluding hydrogens is 276 g/mol. The number of nitrogens with zero attached hydrogens (tertiary/aromatic N) is 2. The Hall–Kier alpha value is -2.34. The summed E-state index contributed by atoms with van der Waals surface area (Å²) >= 11 is 1.28. The minimum absolute atomic E-state index is 0.188. The summed E-state index contributed by atoms with van der Waals surface area (Å²) in [6.45, 7) is 1.84. The van der Waals surface area contributed by atoms with Gasteiger partial charge in [0.15, 0.2) is 0 Å². The number of benzene rings is 1. The van der Waals surface area contributed by atoms with Crippen molar-refractivity contribution in [2.24, 2.45) is 0 Å². The Morgan fingerprint density at radius 2 is 2.05 bits per heavy atom. The third-order valence-corrected chi connectivity index (χ3v) is 3.65. The van der Waals surface area contributed by atoms with Gasteiger partial charge in [0.2, 0.25) is 0 Å². The summed E-state index contributed by atoms with van der Waals surface area (Å²) in [5, 5.41) is 11.8. The van der Waals surface area contributed by atoms with Gasteiger partial charge in [-0.1, -0.05) is 24.3 Å². The van der Waals surface area contributed by atoms with Crippen molar-refractivity contribution in [2.45, 2.75) is 17.2 Å². The van der Waals surface area contributed by atoms with Crippen molar-refractivity contribution in [1.29, 1.82) is 0 Å². The Labute approximate surface area is 118 Å². The quantitative estimate of drug-likeness (QED) is 0.795. The number of aromatic nitrogens is 2. The zero-order valence-corrected chi connectivity index (χ0v) is 11.3. The van der Waals surface area contributed by atoms with E-state index in [0.717, 1.165) is 11.1 Å². The number of carboxylic acids is 1. The average Bonchev–Trinajstić information content (AvgIpc) is 2.84. The van der Waals surface area contributed by atoms with Crippen molar-refractivity contribution in [3.8, 4) is 0 Å². The average molecular weight is 286 g/mol. The number of oxazole rings is 1. The van der Waals surface area contributed by atoms with Crippen LogP contribution in [0.2, 0.25) is 0 Å². The van der Waals surface area contributed by atoms with Crippen LogP contribution in [0.3, 0.4) is 0 Å². The number of carboxylic acid groups (broad SMARTS) is 1. The number of carbonyl (C=O) groups is 1. The van der Waals surface area contributed by atoms with E-state index in [1.807, 2.05) is 19.1 Å². The maximum absolute atomic E-state index is 11.2. The highest BCUT2D eigenvalue weighted by Gasteiger charge is 2.14. The predicted molar refractivity (Wildman–Crippen MR) is 74.1 cm³/mol. The molecule has 1 N–H and O–H groups in total. The highest BCUT2D eigenvalue weighted by molar-refractivity contribution is 7.99. The van der Waals surface area contributed by atoms with Crippen molar-refractivity contribution in [1.82, 2.24) is 9.97 Å². The molecule has 0 radical (unpaired) electrons. The van der Waals surface area contributed by atoms with Crippen LogP contribution in [0.5, 0.6) is 0 Å². The fraction of sp³-hybridized carbons (Fsp3) is 0.0714. The minimum Gasteiger partial charge on any atom is -0.478 e. The van der Waals surface area contributed by atoms with E-state index in [4.69, 9.17) is 4.42 Å². The van der Waals surface area contributed by atoms with Crippen molar-refractivity contribution in [3.63, 3.8) is 0 Å². The Bertz CT molecular complexity index is 798. The SMILES string of the molecule is Cc1coc(Sc2ncc(C(=O)O)c3ccccc23)n1. The second kappa shape index (κ2) is 4.97. The molecule has 0 aliphatic rings. The molecule has 100 valence electrons. The van der Waals surface area contributed by atoms with Gasteiger partial charge in [-0.2, -0.15) is 0 Å². The second-order valence-corrected chi connectivity index (χ2v) is 5.12. The van der Waals surface area contributed by atoms with Gasteiger partial charge in [-0.15, -0.1) is 0 Å². The molecule has 0 bridgehead atoms. The van der Waals surface area contributed by atoms with E-state index in [1.165, 1.54) is 18.0 Å². The molecule has 0 saturated heterocycles. The Morgan fingerprint density at radius 1 is 1.30 bits per heavy atom. The van der Waals surface area contributed by atoms with Crippen LogP contribution >= 0.6 is 11.8 Å². The molecule has 6 heteroatoms. The van der Waals surface area contributed by atoms with Crippen LogP contribution in [-0.4, -0.2) is 21.0 Å². The molecular formula is C14H10N2O3S. The first kappa shape index (κ1) is 12.7. The van der Waals surface area contributed by atoms with E-state index < -0.39 is 5.97 Å². The molecule has 2 heterocycles. The van der Waals surface area contributed by atoms with E-state index in [0.29, 0.717) is 15.6 Å². The van der Waals surface area contributed by atoms with E-state index in [9.17, 15) is 9.90 Å². The van der Waals surface area contributed by atoms with E-state index >= 15 is 0 Å². The molecule has 1 aromatic carbocycles. The number of hydrogen-bond acceptors (Lipinski definition) is 5. The number of aromatic carboxylic acids is 1. The van der Waals surface area contributed by atoms with E-state index in [1.54, 1.807) is 18.4 Å². The number of rotatable bonds is 3. The molecule has 0 fully saturated rings. The maximum Gasteiger partial charge on any atom is 0.337 e. The number of aryl methyl sites for hydroxylation is 1. The van der Waals surface area contributed by atoms with E-state index in [-0.39, 0.29) is 5.56 Å². The van der Waals surface area contributed by atoms with Crippen LogP contribution in [0.25, 0.3) is 10.8 Å². The Balaban J connectivity index is 2.12. The summed E-state index contributed by atoms with van der Waals surface area (Å²) in [7, 11) is 0. The van der Waals surface area contributed by atoms with Crippen molar-refractivity contribution < 1.29 is 14.3 Å². The van der Waals surface area contributed by atoms with Crippen molar-refractivity contribution in [3.05, 3.63) is 48.0 Å². The van der Waals surface area contributed by atoms with Gasteiger partial charge in [-0.3, -0.25) is 0 Å². The number of pyridine rings is 1. The normalized spacial score (nSPS) is 10.8. The van der Waals surface area contributed by atoms with Gasteiger partial charge in [0, 0.05) is 17.0 Å². The number of hydrogen-bond donors (Lipinski definition) is 1. The lowest BCUT2D eigenvalue weighted by Gasteiger charge is -2.05. The molecule has 0 aliphatic heterocycles. The Kier molecular flexibility index (Phi) is 3.15. The van der Waals surface area contributed by atoms with Crippen LogP contribution in [0, 0.1) is 6.92 Å². The summed E-state index contributed by atoms with van der Waals surface area (Å²) in [5.41, 5.74) is 0.979. The van der Waals surface area contributed by atoms with Gasteiger partial charge in [0.25, 0.3) is 5.22 Å².